The molecule has 0 radical (unpaired) electrons. The van der Waals surface area contributed by atoms with Gasteiger partial charge in [0.05, 0.1) is 12.2 Å². The molecule has 1 aliphatic heterocycles. The lowest BCUT2D eigenvalue weighted by molar-refractivity contribution is 0.379. The number of hydrogen-bond donors (Lipinski definition) is 4. The summed E-state index contributed by atoms with van der Waals surface area (Å²) in [7, 11) is 0. The molecule has 10 heteroatoms. The van der Waals surface area contributed by atoms with Crippen LogP contribution in [0.25, 0.3) is 0 Å². The van der Waals surface area contributed by atoms with Crippen molar-refractivity contribution in [3.05, 3.63) is 35.3 Å². The van der Waals surface area contributed by atoms with Gasteiger partial charge in [-0.2, -0.15) is 15.1 Å². The number of piperazine rings is 1. The van der Waals surface area contributed by atoms with Crippen LogP contribution < -0.4 is 20.9 Å². The lowest BCUT2D eigenvalue weighted by Gasteiger charge is -2.33. The minimum absolute atomic E-state index is 0. The molecule has 33 heavy (non-hydrogen) atoms. The number of nitrogens with zero attached hydrogens (tertiary/aromatic N) is 5. The summed E-state index contributed by atoms with van der Waals surface area (Å²) in [6.07, 6.45) is 2.46. The summed E-state index contributed by atoms with van der Waals surface area (Å²) >= 11 is 0. The molecule has 4 N–H and O–H groups in total. The van der Waals surface area contributed by atoms with Gasteiger partial charge in [-0.05, 0) is 25.7 Å². The minimum atomic E-state index is 0. The normalized spacial score (nSPS) is 18.3. The summed E-state index contributed by atoms with van der Waals surface area (Å²) in [4.78, 5) is 11.7. The SMILES string of the molecule is C.CC(C)c1cc(CNc2nc(Nc3cc(C4CC4)[nH]n3)cc(N3CCN[C@H](C)C3)n2)on1. The average Bonchev–Trinajstić information content (AvgIpc) is 3.33. The van der Waals surface area contributed by atoms with Gasteiger partial charge in [0, 0.05) is 55.5 Å². The van der Waals surface area contributed by atoms with Crippen LogP contribution in [0.15, 0.2) is 22.7 Å². The van der Waals surface area contributed by atoms with Crippen molar-refractivity contribution in [2.75, 3.05) is 35.2 Å². The number of hydrogen-bond acceptors (Lipinski definition) is 9. The Bertz CT molecular complexity index is 1060. The molecule has 0 bridgehead atoms. The number of anilines is 4. The molecule has 1 saturated heterocycles. The second-order valence-corrected chi connectivity index (χ2v) is 9.07. The fraction of sp³-hybridized carbons (Fsp3) is 0.565. The smallest absolute Gasteiger partial charge is 0.227 e. The van der Waals surface area contributed by atoms with Crippen molar-refractivity contribution < 1.29 is 4.52 Å². The monoisotopic (exact) mass is 453 g/mol. The van der Waals surface area contributed by atoms with E-state index in [9.17, 15) is 0 Å². The molecule has 0 spiro atoms. The van der Waals surface area contributed by atoms with Gasteiger partial charge in [0.15, 0.2) is 11.6 Å². The topological polar surface area (TPSA) is 120 Å². The van der Waals surface area contributed by atoms with E-state index in [1.165, 1.54) is 18.5 Å². The third kappa shape index (κ3) is 5.62. The standard InChI is InChI=1S/C22H31N9O.CH4/c1-13(2)17-8-16(32-30-17)11-24-22-26-19(25-20-9-18(28-29-20)15-4-5-15)10-21(27-22)31-7-6-23-14(3)12-31;/h8-10,13-15,23H,4-7,11-12H2,1-3H3,(H3,24,25,26,27,28,29);1H4/t14-;/m1./s1. The maximum absolute atomic E-state index is 5.45. The Morgan fingerprint density at radius 1 is 1.18 bits per heavy atom. The summed E-state index contributed by atoms with van der Waals surface area (Å²) in [5.41, 5.74) is 2.13. The lowest BCUT2D eigenvalue weighted by Crippen LogP contribution is -2.49. The molecule has 2 fully saturated rings. The molecular weight excluding hydrogens is 418 g/mol. The molecule has 1 atom stereocenters. The molecule has 3 aromatic heterocycles. The summed E-state index contributed by atoms with van der Waals surface area (Å²) in [5, 5.41) is 21.8. The van der Waals surface area contributed by atoms with Crippen LogP contribution in [0.5, 0.6) is 0 Å². The Morgan fingerprint density at radius 2 is 2.03 bits per heavy atom. The Morgan fingerprint density at radius 3 is 2.76 bits per heavy atom. The van der Waals surface area contributed by atoms with Crippen LogP contribution in [-0.4, -0.2) is 51.0 Å². The molecule has 4 heterocycles. The highest BCUT2D eigenvalue weighted by Gasteiger charge is 2.25. The highest BCUT2D eigenvalue weighted by Crippen LogP contribution is 2.39. The molecular formula is C23H35N9O. The van der Waals surface area contributed by atoms with Crippen LogP contribution >= 0.6 is 0 Å². The summed E-state index contributed by atoms with van der Waals surface area (Å²) in [6, 6.07) is 6.44. The van der Waals surface area contributed by atoms with E-state index in [0.29, 0.717) is 36.2 Å². The van der Waals surface area contributed by atoms with Crippen LogP contribution in [0.4, 0.5) is 23.4 Å². The van der Waals surface area contributed by atoms with Crippen molar-refractivity contribution in [1.29, 1.82) is 0 Å². The van der Waals surface area contributed by atoms with E-state index in [1.54, 1.807) is 0 Å². The Kier molecular flexibility index (Phi) is 6.83. The number of aromatic amines is 1. The number of aromatic nitrogens is 5. The van der Waals surface area contributed by atoms with Gasteiger partial charge in [0.2, 0.25) is 5.95 Å². The van der Waals surface area contributed by atoms with Crippen LogP contribution in [0, 0.1) is 0 Å². The van der Waals surface area contributed by atoms with Gasteiger partial charge < -0.3 is 25.4 Å². The van der Waals surface area contributed by atoms with Crippen molar-refractivity contribution >= 4 is 23.4 Å². The average molecular weight is 454 g/mol. The zero-order valence-electron chi connectivity index (χ0n) is 18.9. The molecule has 1 saturated carbocycles. The van der Waals surface area contributed by atoms with Gasteiger partial charge in [-0.25, -0.2) is 0 Å². The summed E-state index contributed by atoms with van der Waals surface area (Å²) in [6.45, 7) is 9.56. The second kappa shape index (κ2) is 9.78. The fourth-order valence-corrected chi connectivity index (χ4v) is 3.87. The van der Waals surface area contributed by atoms with E-state index in [-0.39, 0.29) is 7.43 Å². The molecule has 2 aliphatic rings. The second-order valence-electron chi connectivity index (χ2n) is 9.07. The molecule has 0 aromatic carbocycles. The predicted molar refractivity (Wildman–Crippen MR) is 130 cm³/mol. The van der Waals surface area contributed by atoms with Crippen molar-refractivity contribution in [1.82, 2.24) is 30.6 Å². The molecule has 10 nitrogen and oxygen atoms in total. The molecule has 0 unspecified atom stereocenters. The van der Waals surface area contributed by atoms with Crippen LogP contribution in [0.3, 0.4) is 0 Å². The largest absolute Gasteiger partial charge is 0.359 e. The van der Waals surface area contributed by atoms with Crippen molar-refractivity contribution in [3.63, 3.8) is 0 Å². The number of H-pyrrole nitrogens is 1. The molecule has 5 rings (SSSR count). The lowest BCUT2D eigenvalue weighted by atomic mass is 10.1. The molecule has 0 amide bonds. The highest BCUT2D eigenvalue weighted by atomic mass is 16.5. The Labute approximate surface area is 194 Å². The zero-order valence-corrected chi connectivity index (χ0v) is 18.9. The van der Waals surface area contributed by atoms with Gasteiger partial charge >= 0.3 is 0 Å². The fourth-order valence-electron chi connectivity index (χ4n) is 3.87. The first-order valence-corrected chi connectivity index (χ1v) is 11.4. The third-order valence-corrected chi connectivity index (χ3v) is 5.87. The van der Waals surface area contributed by atoms with Gasteiger partial charge in [0.25, 0.3) is 0 Å². The Hall–Kier alpha value is -3.14. The molecule has 1 aliphatic carbocycles. The van der Waals surface area contributed by atoms with Crippen molar-refractivity contribution in [3.8, 4) is 0 Å². The first-order chi connectivity index (χ1) is 15.5. The van der Waals surface area contributed by atoms with Gasteiger partial charge in [-0.1, -0.05) is 26.4 Å². The molecule has 3 aromatic rings. The quantitative estimate of drug-likeness (QED) is 0.401. The highest BCUT2D eigenvalue weighted by molar-refractivity contribution is 5.60. The van der Waals surface area contributed by atoms with Gasteiger partial charge in [-0.15, -0.1) is 0 Å². The first kappa shape index (κ1) is 23.0. The number of nitrogens with one attached hydrogen (secondary N) is 4. The first-order valence-electron chi connectivity index (χ1n) is 11.4. The van der Waals surface area contributed by atoms with Gasteiger partial charge in [-0.3, -0.25) is 5.10 Å². The van der Waals surface area contributed by atoms with E-state index in [1.807, 2.05) is 12.1 Å². The summed E-state index contributed by atoms with van der Waals surface area (Å²) in [5.74, 6) is 4.61. The van der Waals surface area contributed by atoms with E-state index in [2.05, 4.69) is 68.0 Å². The van der Waals surface area contributed by atoms with E-state index in [4.69, 9.17) is 9.51 Å². The summed E-state index contributed by atoms with van der Waals surface area (Å²) < 4.78 is 5.45. The maximum Gasteiger partial charge on any atom is 0.227 e. The Balaban J connectivity index is 0.00000259. The number of rotatable bonds is 8. The van der Waals surface area contributed by atoms with E-state index < -0.39 is 0 Å². The van der Waals surface area contributed by atoms with Crippen LogP contribution in [0.2, 0.25) is 0 Å². The van der Waals surface area contributed by atoms with Gasteiger partial charge in [0.1, 0.15) is 11.6 Å². The molecule has 178 valence electrons. The van der Waals surface area contributed by atoms with E-state index in [0.717, 1.165) is 42.7 Å². The maximum atomic E-state index is 5.45. The van der Waals surface area contributed by atoms with E-state index >= 15 is 0 Å². The predicted octanol–water partition coefficient (Wildman–Crippen LogP) is 3.98. The zero-order chi connectivity index (χ0) is 22.1. The van der Waals surface area contributed by atoms with Crippen molar-refractivity contribution in [2.24, 2.45) is 0 Å². The third-order valence-electron chi connectivity index (χ3n) is 5.87. The van der Waals surface area contributed by atoms with Crippen LogP contribution in [-0.2, 0) is 6.54 Å². The van der Waals surface area contributed by atoms with Crippen LogP contribution in [0.1, 0.15) is 70.0 Å². The minimum Gasteiger partial charge on any atom is -0.359 e. The van der Waals surface area contributed by atoms with Crippen molar-refractivity contribution in [2.45, 2.75) is 65.5 Å².